The number of aliphatic hydroxyl groups excluding tert-OH is 2. The van der Waals surface area contributed by atoms with Crippen LogP contribution in [-0.2, 0) is 27.4 Å². The summed E-state index contributed by atoms with van der Waals surface area (Å²) in [5.41, 5.74) is -0.706. The van der Waals surface area contributed by atoms with Crippen molar-refractivity contribution >= 4 is 17.3 Å². The topological polar surface area (TPSA) is 131 Å². The zero-order chi connectivity index (χ0) is 23.5. The number of aliphatic hydroxyl groups is 3. The van der Waals surface area contributed by atoms with Crippen LogP contribution in [0.4, 0.5) is 0 Å². The number of phenolic OH excluding ortho intramolecular Hbond substituents is 1. The Labute approximate surface area is 185 Å². The van der Waals surface area contributed by atoms with Gasteiger partial charge < -0.3 is 25.3 Å². The molecule has 0 unspecified atom stereocenters. The first-order chi connectivity index (χ1) is 15.0. The molecule has 0 amide bonds. The number of ketones is 2. The fourth-order valence-corrected chi connectivity index (χ4v) is 5.46. The Bertz CT molecular complexity index is 1060. The van der Waals surface area contributed by atoms with Crippen molar-refractivity contribution in [2.45, 2.75) is 31.0 Å². The highest BCUT2D eigenvalue weighted by Gasteiger charge is 2.61. The van der Waals surface area contributed by atoms with E-state index in [9.17, 15) is 30.0 Å². The molecular formula is C23H28N2O7. The Hall–Kier alpha value is -2.72. The van der Waals surface area contributed by atoms with Crippen molar-refractivity contribution < 1.29 is 34.9 Å². The van der Waals surface area contributed by atoms with Crippen LogP contribution in [0.2, 0.25) is 0 Å². The Morgan fingerprint density at radius 2 is 1.84 bits per heavy atom. The number of hydrogen-bond donors (Lipinski definition) is 4. The molecule has 0 radical (unpaired) electrons. The van der Waals surface area contributed by atoms with Gasteiger partial charge in [0.05, 0.1) is 18.7 Å². The van der Waals surface area contributed by atoms with Gasteiger partial charge in [-0.15, -0.1) is 0 Å². The number of rotatable bonds is 4. The van der Waals surface area contributed by atoms with E-state index in [4.69, 9.17) is 4.84 Å². The maximum absolute atomic E-state index is 13.5. The van der Waals surface area contributed by atoms with Gasteiger partial charge in [-0.3, -0.25) is 14.5 Å². The smallest absolute Gasteiger partial charge is 0.202 e. The molecule has 4 rings (SSSR count). The molecule has 9 nitrogen and oxygen atoms in total. The van der Waals surface area contributed by atoms with E-state index in [1.165, 1.54) is 13.2 Å². The summed E-state index contributed by atoms with van der Waals surface area (Å²) in [6.45, 7) is 0.387. The highest BCUT2D eigenvalue weighted by Crippen LogP contribution is 2.52. The lowest BCUT2D eigenvalue weighted by molar-refractivity contribution is -0.152. The summed E-state index contributed by atoms with van der Waals surface area (Å²) in [6, 6.07) is 2.39. The number of hydrogen-bond acceptors (Lipinski definition) is 9. The number of benzene rings is 1. The summed E-state index contributed by atoms with van der Waals surface area (Å²) >= 11 is 0. The Balaban J connectivity index is 1.88. The van der Waals surface area contributed by atoms with E-state index in [0.29, 0.717) is 18.5 Å². The fraction of sp³-hybridized carbons (Fsp3) is 0.478. The van der Waals surface area contributed by atoms with E-state index in [1.54, 1.807) is 37.2 Å². The molecule has 9 heteroatoms. The number of nitrogens with zero attached hydrogens (tertiary/aromatic N) is 2. The monoisotopic (exact) mass is 444 g/mol. The van der Waals surface area contributed by atoms with Crippen molar-refractivity contribution in [3.63, 3.8) is 0 Å². The molecule has 4 atom stereocenters. The molecular weight excluding hydrogens is 416 g/mol. The minimum atomic E-state index is -2.32. The van der Waals surface area contributed by atoms with Crippen molar-refractivity contribution in [1.29, 1.82) is 0 Å². The number of aromatic hydroxyl groups is 1. The molecule has 4 N–H and O–H groups in total. The van der Waals surface area contributed by atoms with Crippen LogP contribution in [0.25, 0.3) is 5.76 Å². The maximum atomic E-state index is 13.5. The molecule has 3 aliphatic rings. The molecule has 0 bridgehead atoms. The zero-order valence-electron chi connectivity index (χ0n) is 18.5. The zero-order valence-corrected chi connectivity index (χ0v) is 18.5. The lowest BCUT2D eigenvalue weighted by Gasteiger charge is -2.49. The fourth-order valence-electron chi connectivity index (χ4n) is 5.46. The van der Waals surface area contributed by atoms with Crippen LogP contribution in [0.15, 0.2) is 29.5 Å². The molecule has 1 saturated carbocycles. The number of carbonyl (C=O) groups excluding carboxylic acids is 2. The Morgan fingerprint density at radius 1 is 1.16 bits per heavy atom. The molecule has 0 heterocycles. The SMILES string of the molecule is CON(C)Cc1ccc(O)c2c1C[C@H]1C[C@H]3[C@H](N(C)C)C(=O)C=C(O)[C@@]3(O)C(=O)C1=C2O. The molecule has 0 aromatic heterocycles. The van der Waals surface area contributed by atoms with Crippen molar-refractivity contribution in [3.8, 4) is 5.75 Å². The van der Waals surface area contributed by atoms with Gasteiger partial charge in [0, 0.05) is 31.2 Å². The molecule has 3 aliphatic carbocycles. The standard InChI is InChI=1S/C23H28N2O7/c1-24(2)20-14-8-12-7-13-11(10-25(3)32-4)5-6-15(26)19(13)21(29)18(12)22(30)23(14,31)17(28)9-16(20)27/h5-6,9,12,14,20,26,28-29,31H,7-8,10H2,1-4H3/t12-,14-,20-,23+/m0/s1. The van der Waals surface area contributed by atoms with Crippen LogP contribution in [0.5, 0.6) is 5.75 Å². The number of fused-ring (bicyclic) bond motifs is 3. The molecule has 1 aromatic rings. The van der Waals surface area contributed by atoms with Crippen LogP contribution in [-0.4, -0.2) is 81.9 Å². The Kier molecular flexibility index (Phi) is 5.41. The van der Waals surface area contributed by atoms with Crippen LogP contribution in [0.1, 0.15) is 23.1 Å². The van der Waals surface area contributed by atoms with E-state index >= 15 is 0 Å². The first-order valence-corrected chi connectivity index (χ1v) is 10.4. The largest absolute Gasteiger partial charge is 0.509 e. The van der Waals surface area contributed by atoms with Crippen molar-refractivity contribution in [2.75, 3.05) is 28.3 Å². The lowest BCUT2D eigenvalue weighted by atomic mass is 9.58. The first kappa shape index (κ1) is 22.5. The average Bonchev–Trinajstić information content (AvgIpc) is 2.72. The molecule has 1 fully saturated rings. The lowest BCUT2D eigenvalue weighted by Crippen LogP contribution is -2.64. The molecule has 172 valence electrons. The van der Waals surface area contributed by atoms with Gasteiger partial charge in [-0.1, -0.05) is 6.07 Å². The van der Waals surface area contributed by atoms with Gasteiger partial charge in [0.25, 0.3) is 0 Å². The highest BCUT2D eigenvalue weighted by molar-refractivity contribution is 6.13. The van der Waals surface area contributed by atoms with E-state index in [-0.39, 0.29) is 29.1 Å². The van der Waals surface area contributed by atoms with Crippen LogP contribution in [0.3, 0.4) is 0 Å². The normalized spacial score (nSPS) is 29.7. The second-order valence-electron chi connectivity index (χ2n) is 9.01. The summed E-state index contributed by atoms with van der Waals surface area (Å²) in [4.78, 5) is 33.0. The number of carbonyl (C=O) groups is 2. The third-order valence-corrected chi connectivity index (χ3v) is 7.01. The van der Waals surface area contributed by atoms with Crippen molar-refractivity contribution in [1.82, 2.24) is 9.96 Å². The predicted octanol–water partition coefficient (Wildman–Crippen LogP) is 1.10. The van der Waals surface area contributed by atoms with Gasteiger partial charge in [-0.2, -0.15) is 5.06 Å². The van der Waals surface area contributed by atoms with Crippen LogP contribution < -0.4 is 0 Å². The number of likely N-dealkylation sites (N-methyl/N-ethyl adjacent to an activating group) is 1. The minimum Gasteiger partial charge on any atom is -0.509 e. The number of hydroxylamine groups is 2. The third kappa shape index (κ3) is 3.07. The molecule has 1 aromatic carbocycles. The third-order valence-electron chi connectivity index (χ3n) is 7.01. The van der Waals surface area contributed by atoms with Gasteiger partial charge in [-0.25, -0.2) is 0 Å². The highest BCUT2D eigenvalue weighted by atomic mass is 16.7. The quantitative estimate of drug-likeness (QED) is 0.504. The summed E-state index contributed by atoms with van der Waals surface area (Å²) in [7, 11) is 6.64. The number of phenols is 1. The average molecular weight is 444 g/mol. The summed E-state index contributed by atoms with van der Waals surface area (Å²) in [6.07, 6.45) is 1.42. The summed E-state index contributed by atoms with van der Waals surface area (Å²) in [5.74, 6) is -3.89. The number of Topliss-reactive ketones (excluding diaryl/α,β-unsaturated/α-hetero) is 1. The van der Waals surface area contributed by atoms with Gasteiger partial charge in [0.15, 0.2) is 11.4 Å². The summed E-state index contributed by atoms with van der Waals surface area (Å²) in [5, 5.41) is 45.0. The molecule has 32 heavy (non-hydrogen) atoms. The predicted molar refractivity (Wildman–Crippen MR) is 115 cm³/mol. The maximum Gasteiger partial charge on any atom is 0.202 e. The van der Waals surface area contributed by atoms with Gasteiger partial charge in [0.2, 0.25) is 5.78 Å². The Morgan fingerprint density at radius 3 is 2.47 bits per heavy atom. The second-order valence-corrected chi connectivity index (χ2v) is 9.01. The molecule has 0 spiro atoms. The van der Waals surface area contributed by atoms with E-state index < -0.39 is 40.8 Å². The van der Waals surface area contributed by atoms with Gasteiger partial charge >= 0.3 is 0 Å². The van der Waals surface area contributed by atoms with E-state index in [0.717, 1.165) is 11.6 Å². The van der Waals surface area contributed by atoms with E-state index in [2.05, 4.69) is 0 Å². The van der Waals surface area contributed by atoms with Crippen LogP contribution in [0, 0.1) is 11.8 Å². The van der Waals surface area contributed by atoms with Crippen molar-refractivity contribution in [3.05, 3.63) is 46.2 Å². The van der Waals surface area contributed by atoms with Crippen molar-refractivity contribution in [2.24, 2.45) is 11.8 Å². The van der Waals surface area contributed by atoms with Gasteiger partial charge in [0.1, 0.15) is 17.3 Å². The molecule has 0 saturated heterocycles. The first-order valence-electron chi connectivity index (χ1n) is 10.4. The van der Waals surface area contributed by atoms with E-state index in [1.807, 2.05) is 0 Å². The minimum absolute atomic E-state index is 0.0319. The van der Waals surface area contributed by atoms with Gasteiger partial charge in [-0.05, 0) is 50.0 Å². The molecule has 0 aliphatic heterocycles. The van der Waals surface area contributed by atoms with Crippen LogP contribution >= 0.6 is 0 Å². The second kappa shape index (κ2) is 7.70. The summed E-state index contributed by atoms with van der Waals surface area (Å²) < 4.78 is 0.